The minimum Gasteiger partial charge on any atom is -0.480 e. The predicted molar refractivity (Wildman–Crippen MR) is 93.8 cm³/mol. The third-order valence-electron chi connectivity index (χ3n) is 4.29. The highest BCUT2D eigenvalue weighted by Crippen LogP contribution is 2.31. The number of rotatable bonds is 4. The Morgan fingerprint density at radius 2 is 2.16 bits per heavy atom. The number of nitrogens with one attached hydrogen (secondary N) is 1. The molecule has 0 bridgehead atoms. The number of hydrogen-bond acceptors (Lipinski definition) is 6. The summed E-state index contributed by atoms with van der Waals surface area (Å²) in [4.78, 5) is 16.4. The summed E-state index contributed by atoms with van der Waals surface area (Å²) in [6.45, 7) is 0.683. The molecule has 2 amide bonds. The fourth-order valence-electron chi connectivity index (χ4n) is 2.91. The third-order valence-corrected chi connectivity index (χ3v) is 4.29. The van der Waals surface area contributed by atoms with Gasteiger partial charge in [0.1, 0.15) is 5.82 Å². The molecular formula is C16H23N7O2. The highest BCUT2D eigenvalue weighted by atomic mass is 16.5. The lowest BCUT2D eigenvalue weighted by molar-refractivity contribution is 0.205. The summed E-state index contributed by atoms with van der Waals surface area (Å²) in [5.41, 5.74) is 0.806. The van der Waals surface area contributed by atoms with Gasteiger partial charge in [-0.3, -0.25) is 5.32 Å². The minimum absolute atomic E-state index is 0.0705. The van der Waals surface area contributed by atoms with Crippen molar-refractivity contribution in [3.8, 4) is 5.88 Å². The van der Waals surface area contributed by atoms with Gasteiger partial charge in [-0.05, 0) is 25.0 Å². The van der Waals surface area contributed by atoms with Gasteiger partial charge in [0.05, 0.1) is 18.8 Å². The molecule has 0 saturated carbocycles. The molecule has 0 aromatic carbocycles. The van der Waals surface area contributed by atoms with E-state index in [0.29, 0.717) is 18.2 Å². The molecule has 3 rings (SSSR count). The molecule has 134 valence electrons. The molecule has 1 fully saturated rings. The lowest BCUT2D eigenvalue weighted by Gasteiger charge is -2.24. The number of likely N-dealkylation sites (tertiary alicyclic amines) is 1. The molecule has 1 saturated heterocycles. The summed E-state index contributed by atoms with van der Waals surface area (Å²) >= 11 is 0. The molecule has 1 aliphatic heterocycles. The maximum atomic E-state index is 12.7. The second-order valence-electron chi connectivity index (χ2n) is 6.19. The highest BCUT2D eigenvalue weighted by molar-refractivity contribution is 5.89. The van der Waals surface area contributed by atoms with Crippen molar-refractivity contribution in [2.24, 2.45) is 7.05 Å². The van der Waals surface area contributed by atoms with Gasteiger partial charge in [-0.15, -0.1) is 10.2 Å². The second kappa shape index (κ2) is 6.96. The maximum absolute atomic E-state index is 12.7. The number of amides is 2. The molecule has 25 heavy (non-hydrogen) atoms. The molecule has 2 aromatic heterocycles. The van der Waals surface area contributed by atoms with Crippen LogP contribution in [0.25, 0.3) is 0 Å². The van der Waals surface area contributed by atoms with E-state index < -0.39 is 0 Å². The maximum Gasteiger partial charge on any atom is 0.323 e. The van der Waals surface area contributed by atoms with E-state index in [1.807, 2.05) is 31.1 Å². The van der Waals surface area contributed by atoms with Crippen molar-refractivity contribution in [3.05, 3.63) is 23.9 Å². The molecule has 3 heterocycles. The first-order valence-electron chi connectivity index (χ1n) is 8.16. The van der Waals surface area contributed by atoms with Gasteiger partial charge < -0.3 is 14.5 Å². The van der Waals surface area contributed by atoms with Crippen molar-refractivity contribution < 1.29 is 9.53 Å². The Morgan fingerprint density at radius 3 is 2.76 bits per heavy atom. The van der Waals surface area contributed by atoms with Crippen molar-refractivity contribution in [1.29, 1.82) is 0 Å². The van der Waals surface area contributed by atoms with Gasteiger partial charge in [0.25, 0.3) is 0 Å². The van der Waals surface area contributed by atoms with Crippen molar-refractivity contribution in [2.75, 3.05) is 38.0 Å². The van der Waals surface area contributed by atoms with Crippen LogP contribution in [0, 0.1) is 0 Å². The predicted octanol–water partition coefficient (Wildman–Crippen LogP) is 1.65. The zero-order valence-electron chi connectivity index (χ0n) is 14.9. The number of nitrogens with zero attached hydrogens (tertiary/aromatic N) is 6. The Labute approximate surface area is 146 Å². The van der Waals surface area contributed by atoms with E-state index in [9.17, 15) is 4.79 Å². The molecule has 0 aliphatic carbocycles. The lowest BCUT2D eigenvalue weighted by Crippen LogP contribution is -2.35. The molecule has 0 radical (unpaired) electrons. The van der Waals surface area contributed by atoms with Crippen LogP contribution in [0.1, 0.15) is 24.6 Å². The molecular weight excluding hydrogens is 322 g/mol. The first kappa shape index (κ1) is 17.0. The van der Waals surface area contributed by atoms with Gasteiger partial charge in [0, 0.05) is 33.8 Å². The average molecular weight is 345 g/mol. The number of aromatic nitrogens is 4. The van der Waals surface area contributed by atoms with Crippen molar-refractivity contribution in [1.82, 2.24) is 24.9 Å². The van der Waals surface area contributed by atoms with Crippen LogP contribution in [0.4, 0.5) is 16.4 Å². The lowest BCUT2D eigenvalue weighted by atomic mass is 10.1. The minimum atomic E-state index is -0.174. The van der Waals surface area contributed by atoms with Crippen molar-refractivity contribution in [2.45, 2.75) is 18.9 Å². The Hall–Kier alpha value is -2.84. The van der Waals surface area contributed by atoms with Crippen LogP contribution >= 0.6 is 0 Å². The molecule has 1 atom stereocenters. The van der Waals surface area contributed by atoms with Gasteiger partial charge >= 0.3 is 6.03 Å². The summed E-state index contributed by atoms with van der Waals surface area (Å²) in [7, 11) is 7.13. The summed E-state index contributed by atoms with van der Waals surface area (Å²) in [5, 5.41) is 15.6. The first-order chi connectivity index (χ1) is 12.0. The van der Waals surface area contributed by atoms with E-state index in [2.05, 4.69) is 20.6 Å². The van der Waals surface area contributed by atoms with Crippen molar-refractivity contribution >= 4 is 17.7 Å². The Morgan fingerprint density at radius 1 is 1.36 bits per heavy atom. The molecule has 1 aliphatic rings. The van der Waals surface area contributed by atoms with Crippen LogP contribution < -0.4 is 15.0 Å². The smallest absolute Gasteiger partial charge is 0.323 e. The zero-order valence-corrected chi connectivity index (χ0v) is 14.9. The van der Waals surface area contributed by atoms with Crippen molar-refractivity contribution in [3.63, 3.8) is 0 Å². The summed E-state index contributed by atoms with van der Waals surface area (Å²) in [6.07, 6.45) is 1.81. The monoisotopic (exact) mass is 345 g/mol. The van der Waals surface area contributed by atoms with E-state index in [4.69, 9.17) is 4.74 Å². The fraction of sp³-hybridized carbons (Fsp3) is 0.500. The van der Waals surface area contributed by atoms with Crippen LogP contribution in [0.15, 0.2) is 18.2 Å². The number of ether oxygens (including phenoxy) is 1. The third kappa shape index (κ3) is 3.49. The van der Waals surface area contributed by atoms with E-state index in [0.717, 1.165) is 24.4 Å². The first-order valence-corrected chi connectivity index (χ1v) is 8.16. The van der Waals surface area contributed by atoms with Crippen LogP contribution in [-0.2, 0) is 7.05 Å². The van der Waals surface area contributed by atoms with Gasteiger partial charge in [0.15, 0.2) is 5.82 Å². The van der Waals surface area contributed by atoms with E-state index >= 15 is 0 Å². The normalized spacial score (nSPS) is 16.8. The molecule has 2 aromatic rings. The topological polar surface area (TPSA) is 88.4 Å². The summed E-state index contributed by atoms with van der Waals surface area (Å²) < 4.78 is 6.66. The second-order valence-corrected chi connectivity index (χ2v) is 6.19. The summed E-state index contributed by atoms with van der Waals surface area (Å²) in [6, 6.07) is 5.30. The Kier molecular flexibility index (Phi) is 4.73. The molecule has 9 nitrogen and oxygen atoms in total. The van der Waals surface area contributed by atoms with Crippen LogP contribution in [-0.4, -0.2) is 58.7 Å². The molecule has 0 spiro atoms. The number of methoxy groups -OCH3 is 1. The molecule has 1 N–H and O–H groups in total. The average Bonchev–Trinajstić information content (AvgIpc) is 3.22. The number of anilines is 2. The largest absolute Gasteiger partial charge is 0.480 e. The number of carbonyl (C=O) groups excluding carboxylic acids is 1. The molecule has 9 heteroatoms. The van der Waals surface area contributed by atoms with Crippen LogP contribution in [0.2, 0.25) is 0 Å². The van der Waals surface area contributed by atoms with Gasteiger partial charge in [0.2, 0.25) is 5.88 Å². The van der Waals surface area contributed by atoms with Gasteiger partial charge in [-0.2, -0.15) is 5.10 Å². The van der Waals surface area contributed by atoms with E-state index in [-0.39, 0.29) is 12.1 Å². The molecule has 1 unspecified atom stereocenters. The van der Waals surface area contributed by atoms with Crippen LogP contribution in [0.5, 0.6) is 5.88 Å². The zero-order chi connectivity index (χ0) is 18.0. The van der Waals surface area contributed by atoms with Gasteiger partial charge in [-0.1, -0.05) is 0 Å². The standard InChI is InChI=1S/C16H23N7O2/c1-21(2)13-8-7-11(18-19-13)12-6-5-9-23(12)16(24)17-14-10-15(25-4)20-22(14)3/h7-8,10,12H,5-6,9H2,1-4H3,(H,17,24). The number of carbonyl (C=O) groups is 1. The van der Waals surface area contributed by atoms with Crippen LogP contribution in [0.3, 0.4) is 0 Å². The fourth-order valence-corrected chi connectivity index (χ4v) is 2.91. The highest BCUT2D eigenvalue weighted by Gasteiger charge is 2.31. The number of hydrogen-bond donors (Lipinski definition) is 1. The van der Waals surface area contributed by atoms with E-state index in [1.54, 1.807) is 29.8 Å². The quantitative estimate of drug-likeness (QED) is 0.906. The number of urea groups is 1. The van der Waals surface area contributed by atoms with Gasteiger partial charge in [-0.25, -0.2) is 9.48 Å². The Balaban J connectivity index is 1.74. The Bertz CT molecular complexity index is 741. The van der Waals surface area contributed by atoms with E-state index in [1.165, 1.54) is 0 Å². The summed E-state index contributed by atoms with van der Waals surface area (Å²) in [5.74, 6) is 1.84. The number of aryl methyl sites for hydroxylation is 1. The SMILES string of the molecule is COc1cc(NC(=O)N2CCCC2c2ccc(N(C)C)nn2)n(C)n1.